The van der Waals surface area contributed by atoms with Crippen LogP contribution in [0, 0.1) is 0 Å². The fraction of sp³-hybridized carbons (Fsp3) is 0.821. The van der Waals surface area contributed by atoms with Gasteiger partial charge in [-0.25, -0.2) is 4.57 Å². The number of phosphoric acid groups is 1. The molecule has 2 unspecified atom stereocenters. The van der Waals surface area contributed by atoms with Crippen molar-refractivity contribution in [2.45, 2.75) is 174 Å². The number of hydrogen-bond donors (Lipinski definition) is 2. The van der Waals surface area contributed by atoms with Gasteiger partial charge in [0.1, 0.15) is 6.10 Å². The van der Waals surface area contributed by atoms with Crippen LogP contribution in [0.1, 0.15) is 168 Å². The van der Waals surface area contributed by atoms with Crippen molar-refractivity contribution in [3.05, 3.63) is 36.5 Å². The largest absolute Gasteiger partial charge is 0.472 e. The van der Waals surface area contributed by atoms with Gasteiger partial charge >= 0.3 is 13.8 Å². The quantitative estimate of drug-likeness (QED) is 0.0285. The zero-order valence-electron chi connectivity index (χ0n) is 31.0. The molecular formula is C39H74NO7P. The van der Waals surface area contributed by atoms with E-state index in [0.717, 1.165) is 44.9 Å². The molecule has 0 amide bonds. The van der Waals surface area contributed by atoms with Crippen LogP contribution in [0.2, 0.25) is 0 Å². The Labute approximate surface area is 295 Å². The summed E-state index contributed by atoms with van der Waals surface area (Å²) in [7, 11) is -4.27. The molecule has 0 rings (SSSR count). The summed E-state index contributed by atoms with van der Waals surface area (Å²) >= 11 is 0. The maximum absolute atomic E-state index is 12.5. The number of ether oxygens (including phenoxy) is 2. The molecule has 0 bridgehead atoms. The van der Waals surface area contributed by atoms with Crippen molar-refractivity contribution in [2.24, 2.45) is 5.73 Å². The van der Waals surface area contributed by atoms with E-state index >= 15 is 0 Å². The van der Waals surface area contributed by atoms with Crippen LogP contribution in [0.25, 0.3) is 0 Å². The first kappa shape index (κ1) is 46.7. The molecule has 3 N–H and O–H groups in total. The van der Waals surface area contributed by atoms with Crippen LogP contribution in [-0.4, -0.2) is 49.9 Å². The Kier molecular flexibility index (Phi) is 36.0. The highest BCUT2D eigenvalue weighted by atomic mass is 31.2. The molecule has 0 aromatic rings. The molecule has 0 fully saturated rings. The van der Waals surface area contributed by atoms with Gasteiger partial charge in [-0.05, 0) is 64.2 Å². The van der Waals surface area contributed by atoms with Gasteiger partial charge in [-0.1, -0.05) is 134 Å². The molecule has 2 atom stereocenters. The van der Waals surface area contributed by atoms with Crippen molar-refractivity contribution in [1.29, 1.82) is 0 Å². The SMILES string of the molecule is CCC/C=C\CCCCCCCCOCC(COP(=O)(O)OCCN)OC(=O)CCCCCCCCC/C=C\C/C=C\CCCCCC. The molecule has 48 heavy (non-hydrogen) atoms. The number of carbonyl (C=O) groups excluding carboxylic acids is 1. The Hall–Kier alpha value is -1.28. The second-order valence-electron chi connectivity index (χ2n) is 12.8. The number of carbonyl (C=O) groups is 1. The summed E-state index contributed by atoms with van der Waals surface area (Å²) in [6.45, 7) is 4.82. The maximum atomic E-state index is 12.5. The summed E-state index contributed by atoms with van der Waals surface area (Å²) in [5, 5.41) is 0. The third-order valence-corrected chi connectivity index (χ3v) is 8.99. The van der Waals surface area contributed by atoms with Crippen LogP contribution >= 0.6 is 7.82 Å². The zero-order valence-corrected chi connectivity index (χ0v) is 31.9. The minimum absolute atomic E-state index is 0.0974. The molecule has 0 heterocycles. The van der Waals surface area contributed by atoms with Gasteiger partial charge in [-0.2, -0.15) is 0 Å². The van der Waals surface area contributed by atoms with Crippen molar-refractivity contribution in [3.8, 4) is 0 Å². The van der Waals surface area contributed by atoms with E-state index in [0.29, 0.717) is 13.0 Å². The Morgan fingerprint density at radius 3 is 1.73 bits per heavy atom. The molecule has 282 valence electrons. The van der Waals surface area contributed by atoms with Crippen LogP contribution < -0.4 is 5.73 Å². The van der Waals surface area contributed by atoms with Crippen LogP contribution in [-0.2, 0) is 27.9 Å². The number of esters is 1. The number of rotatable bonds is 37. The lowest BCUT2D eigenvalue weighted by Crippen LogP contribution is -2.28. The lowest BCUT2D eigenvalue weighted by atomic mass is 10.1. The molecule has 0 aromatic carbocycles. The lowest BCUT2D eigenvalue weighted by Gasteiger charge is -2.20. The minimum atomic E-state index is -4.27. The summed E-state index contributed by atoms with van der Waals surface area (Å²) in [4.78, 5) is 22.4. The van der Waals surface area contributed by atoms with E-state index in [2.05, 4.69) is 50.3 Å². The average molecular weight is 700 g/mol. The summed E-state index contributed by atoms with van der Waals surface area (Å²) in [6.07, 6.45) is 40.1. The molecule has 0 aliphatic rings. The Bertz CT molecular complexity index is 833. The van der Waals surface area contributed by atoms with E-state index in [1.807, 2.05) is 0 Å². The molecule has 0 saturated carbocycles. The fourth-order valence-corrected chi connectivity index (χ4v) is 5.91. The topological polar surface area (TPSA) is 117 Å². The molecule has 0 aliphatic heterocycles. The third-order valence-electron chi connectivity index (χ3n) is 8.01. The molecule has 0 spiro atoms. The van der Waals surface area contributed by atoms with E-state index in [9.17, 15) is 14.3 Å². The molecule has 0 radical (unpaired) electrons. The molecular weight excluding hydrogens is 625 g/mol. The van der Waals surface area contributed by atoms with Crippen LogP contribution in [0.5, 0.6) is 0 Å². The van der Waals surface area contributed by atoms with E-state index < -0.39 is 13.9 Å². The molecule has 9 heteroatoms. The number of nitrogens with two attached hydrogens (primary N) is 1. The maximum Gasteiger partial charge on any atom is 0.472 e. The monoisotopic (exact) mass is 700 g/mol. The van der Waals surface area contributed by atoms with Gasteiger partial charge in [0.15, 0.2) is 0 Å². The second-order valence-corrected chi connectivity index (χ2v) is 14.2. The molecule has 0 aliphatic carbocycles. The highest BCUT2D eigenvalue weighted by molar-refractivity contribution is 7.47. The minimum Gasteiger partial charge on any atom is -0.457 e. The molecule has 8 nitrogen and oxygen atoms in total. The summed E-state index contributed by atoms with van der Waals surface area (Å²) < 4.78 is 33.3. The van der Waals surface area contributed by atoms with Gasteiger partial charge in [0.25, 0.3) is 0 Å². The van der Waals surface area contributed by atoms with E-state index in [-0.39, 0.29) is 32.3 Å². The van der Waals surface area contributed by atoms with Crippen LogP contribution in [0.4, 0.5) is 0 Å². The Morgan fingerprint density at radius 1 is 0.625 bits per heavy atom. The summed E-state index contributed by atoms with van der Waals surface area (Å²) in [6, 6.07) is 0. The van der Waals surface area contributed by atoms with Crippen LogP contribution in [0.15, 0.2) is 36.5 Å². The first-order valence-electron chi connectivity index (χ1n) is 19.5. The highest BCUT2D eigenvalue weighted by Gasteiger charge is 2.25. The normalized spacial score (nSPS) is 14.0. The summed E-state index contributed by atoms with van der Waals surface area (Å²) in [5.41, 5.74) is 5.35. The molecule has 0 saturated heterocycles. The third kappa shape index (κ3) is 36.0. The number of unbranched alkanes of at least 4 members (excludes halogenated alkanes) is 18. The van der Waals surface area contributed by atoms with Gasteiger partial charge in [0.05, 0.1) is 19.8 Å². The predicted molar refractivity (Wildman–Crippen MR) is 201 cm³/mol. The van der Waals surface area contributed by atoms with Gasteiger partial charge in [0.2, 0.25) is 0 Å². The van der Waals surface area contributed by atoms with Crippen molar-refractivity contribution in [2.75, 3.05) is 33.0 Å². The number of phosphoric ester groups is 1. The van der Waals surface area contributed by atoms with Gasteiger partial charge in [0, 0.05) is 19.6 Å². The second kappa shape index (κ2) is 37.0. The standard InChI is InChI=1S/C39H74NO7P/c1-3-5-7-9-11-13-15-16-17-18-19-20-21-22-24-26-28-30-32-39(41)47-38(37-46-48(42,43)45-35-33-40)36-44-34-31-29-27-25-23-14-12-10-8-6-4-2/h8,10,13,15,17-18,38H,3-7,9,11-12,14,16,19-37,40H2,1-2H3,(H,42,43)/b10-8-,15-13-,18-17-. The van der Waals surface area contributed by atoms with E-state index in [4.69, 9.17) is 24.3 Å². The summed E-state index contributed by atoms with van der Waals surface area (Å²) in [5.74, 6) is -0.342. The lowest BCUT2D eigenvalue weighted by molar-refractivity contribution is -0.154. The van der Waals surface area contributed by atoms with E-state index in [1.54, 1.807) is 0 Å². The first-order valence-corrected chi connectivity index (χ1v) is 21.0. The first-order chi connectivity index (χ1) is 23.4. The van der Waals surface area contributed by atoms with Crippen molar-refractivity contribution in [3.63, 3.8) is 0 Å². The van der Waals surface area contributed by atoms with E-state index in [1.165, 1.54) is 103 Å². The Balaban J connectivity index is 4.07. The van der Waals surface area contributed by atoms with Gasteiger partial charge in [-0.3, -0.25) is 13.8 Å². The average Bonchev–Trinajstić information content (AvgIpc) is 3.07. The van der Waals surface area contributed by atoms with Gasteiger partial charge in [-0.15, -0.1) is 0 Å². The fourth-order valence-electron chi connectivity index (χ4n) is 5.15. The van der Waals surface area contributed by atoms with Crippen LogP contribution in [0.3, 0.4) is 0 Å². The van der Waals surface area contributed by atoms with Crippen molar-refractivity contribution < 1.29 is 32.8 Å². The number of allylic oxidation sites excluding steroid dienone is 6. The highest BCUT2D eigenvalue weighted by Crippen LogP contribution is 2.43. The predicted octanol–water partition coefficient (Wildman–Crippen LogP) is 11.1. The zero-order chi connectivity index (χ0) is 35.2. The number of hydrogen-bond acceptors (Lipinski definition) is 7. The van der Waals surface area contributed by atoms with Crippen molar-refractivity contribution in [1.82, 2.24) is 0 Å². The Morgan fingerprint density at radius 2 is 1.15 bits per heavy atom. The molecule has 0 aromatic heterocycles. The van der Waals surface area contributed by atoms with Gasteiger partial charge < -0.3 is 20.1 Å². The van der Waals surface area contributed by atoms with Crippen molar-refractivity contribution >= 4 is 13.8 Å². The smallest absolute Gasteiger partial charge is 0.457 e.